The van der Waals surface area contributed by atoms with E-state index in [2.05, 4.69) is 17.6 Å². The smallest absolute Gasteiger partial charge is 0.251 e. The van der Waals surface area contributed by atoms with Crippen LogP contribution < -0.4 is 10.6 Å². The van der Waals surface area contributed by atoms with Gasteiger partial charge in [0.15, 0.2) is 0 Å². The normalized spacial score (nSPS) is 11.7. The van der Waals surface area contributed by atoms with E-state index in [1.807, 2.05) is 49.6 Å². The zero-order valence-corrected chi connectivity index (χ0v) is 16.4. The summed E-state index contributed by atoms with van der Waals surface area (Å²) in [7, 11) is 0. The van der Waals surface area contributed by atoms with E-state index in [4.69, 9.17) is 0 Å². The summed E-state index contributed by atoms with van der Waals surface area (Å²) in [6.07, 6.45) is 3.52. The molecule has 0 heterocycles. The van der Waals surface area contributed by atoms with E-state index in [-0.39, 0.29) is 11.8 Å². The molecule has 0 aliphatic heterocycles. The van der Waals surface area contributed by atoms with Crippen molar-refractivity contribution in [2.75, 3.05) is 17.3 Å². The Bertz CT molecular complexity index is 727. The van der Waals surface area contributed by atoms with E-state index in [1.54, 1.807) is 23.9 Å². The summed E-state index contributed by atoms with van der Waals surface area (Å²) in [5.41, 5.74) is 3.61. The first kappa shape index (κ1) is 20.0. The molecule has 0 aromatic heterocycles. The number of nitrogens with one attached hydrogen (secondary N) is 2. The highest BCUT2D eigenvalue weighted by molar-refractivity contribution is 7.98. The van der Waals surface area contributed by atoms with Crippen LogP contribution in [0, 0.1) is 6.92 Å². The van der Waals surface area contributed by atoms with Gasteiger partial charge in [0.1, 0.15) is 6.04 Å². The van der Waals surface area contributed by atoms with Gasteiger partial charge in [0, 0.05) is 11.3 Å². The lowest BCUT2D eigenvalue weighted by Crippen LogP contribution is -2.44. The van der Waals surface area contributed by atoms with Gasteiger partial charge >= 0.3 is 0 Å². The van der Waals surface area contributed by atoms with Gasteiger partial charge in [0.2, 0.25) is 5.91 Å². The fraction of sp³-hybridized carbons (Fsp3) is 0.333. The van der Waals surface area contributed by atoms with E-state index >= 15 is 0 Å². The molecule has 2 aromatic rings. The molecule has 138 valence electrons. The molecule has 2 rings (SSSR count). The minimum absolute atomic E-state index is 0.191. The van der Waals surface area contributed by atoms with Crippen LogP contribution >= 0.6 is 11.8 Å². The molecular weight excluding hydrogens is 344 g/mol. The van der Waals surface area contributed by atoms with Gasteiger partial charge in [0.25, 0.3) is 5.91 Å². The molecule has 26 heavy (non-hydrogen) atoms. The number of rotatable bonds is 8. The number of thioether (sulfide) groups is 1. The second-order valence-electron chi connectivity index (χ2n) is 6.21. The number of hydrogen-bond acceptors (Lipinski definition) is 3. The maximum absolute atomic E-state index is 12.7. The van der Waals surface area contributed by atoms with Gasteiger partial charge in [-0.2, -0.15) is 11.8 Å². The van der Waals surface area contributed by atoms with Gasteiger partial charge in [-0.15, -0.1) is 0 Å². The zero-order valence-electron chi connectivity index (χ0n) is 15.5. The van der Waals surface area contributed by atoms with Crippen molar-refractivity contribution in [3.63, 3.8) is 0 Å². The highest BCUT2D eigenvalue weighted by Gasteiger charge is 2.21. The van der Waals surface area contributed by atoms with Crippen LogP contribution in [0.25, 0.3) is 0 Å². The van der Waals surface area contributed by atoms with E-state index in [0.29, 0.717) is 12.0 Å². The molecule has 5 heteroatoms. The number of hydrogen-bond donors (Lipinski definition) is 2. The molecule has 0 saturated heterocycles. The van der Waals surface area contributed by atoms with E-state index in [0.717, 1.165) is 23.4 Å². The Hall–Kier alpha value is -2.27. The molecule has 1 atom stereocenters. The van der Waals surface area contributed by atoms with Crippen LogP contribution in [-0.4, -0.2) is 29.9 Å². The summed E-state index contributed by atoms with van der Waals surface area (Å²) in [4.78, 5) is 25.1. The van der Waals surface area contributed by atoms with Gasteiger partial charge in [-0.25, -0.2) is 0 Å². The van der Waals surface area contributed by atoms with Gasteiger partial charge in [-0.05, 0) is 61.6 Å². The number of carbonyl (C=O) groups is 2. The molecule has 4 nitrogen and oxygen atoms in total. The summed E-state index contributed by atoms with van der Waals surface area (Å²) in [5, 5.41) is 5.77. The van der Waals surface area contributed by atoms with Gasteiger partial charge in [-0.1, -0.05) is 36.8 Å². The number of anilines is 1. The molecule has 2 aromatic carbocycles. The van der Waals surface area contributed by atoms with Gasteiger partial charge in [-0.3, -0.25) is 9.59 Å². The first-order chi connectivity index (χ1) is 12.5. The highest BCUT2D eigenvalue weighted by atomic mass is 32.2. The summed E-state index contributed by atoms with van der Waals surface area (Å²) in [6, 6.07) is 14.5. The predicted octanol–water partition coefficient (Wildman–Crippen LogP) is 4.05. The Balaban J connectivity index is 2.05. The maximum Gasteiger partial charge on any atom is 0.251 e. The monoisotopic (exact) mass is 370 g/mol. The van der Waals surface area contributed by atoms with Crippen molar-refractivity contribution in [3.8, 4) is 0 Å². The standard InChI is InChI=1S/C21H26N2O2S/c1-4-16-7-11-18(12-8-16)22-21(25)19(13-14-26-3)23-20(24)17-9-5-15(2)6-10-17/h5-12,19H,4,13-14H2,1-3H3,(H,22,25)(H,23,24)/t19-/m1/s1. The summed E-state index contributed by atoms with van der Waals surface area (Å²) in [6.45, 7) is 4.06. The van der Waals surface area contributed by atoms with Crippen molar-refractivity contribution in [3.05, 3.63) is 65.2 Å². The SMILES string of the molecule is CCc1ccc(NC(=O)[C@@H](CCSC)NC(=O)c2ccc(C)cc2)cc1. The quantitative estimate of drug-likeness (QED) is 0.737. The third kappa shape index (κ3) is 5.92. The molecule has 0 fully saturated rings. The third-order valence-corrected chi connectivity index (χ3v) is 4.82. The lowest BCUT2D eigenvalue weighted by Gasteiger charge is -2.18. The molecule has 2 N–H and O–H groups in total. The maximum atomic E-state index is 12.7. The lowest BCUT2D eigenvalue weighted by molar-refractivity contribution is -0.118. The fourth-order valence-electron chi connectivity index (χ4n) is 2.50. The van der Waals surface area contributed by atoms with Crippen LogP contribution in [0.15, 0.2) is 48.5 Å². The van der Waals surface area contributed by atoms with E-state index in [1.165, 1.54) is 5.56 Å². The number of amides is 2. The molecule has 0 unspecified atom stereocenters. The van der Waals surface area contributed by atoms with E-state index < -0.39 is 6.04 Å². The number of benzene rings is 2. The summed E-state index contributed by atoms with van der Waals surface area (Å²) in [5.74, 6) is 0.373. The van der Waals surface area contributed by atoms with Crippen molar-refractivity contribution >= 4 is 29.3 Å². The molecule has 0 spiro atoms. The van der Waals surface area contributed by atoms with E-state index in [9.17, 15) is 9.59 Å². The molecule has 0 aliphatic rings. The first-order valence-electron chi connectivity index (χ1n) is 8.79. The van der Waals surface area contributed by atoms with Crippen molar-refractivity contribution in [2.24, 2.45) is 0 Å². The van der Waals surface area contributed by atoms with Gasteiger partial charge in [0.05, 0.1) is 0 Å². The van der Waals surface area contributed by atoms with Crippen LogP contribution in [0.5, 0.6) is 0 Å². The molecule has 2 amide bonds. The second kappa shape index (κ2) is 10.0. The predicted molar refractivity (Wildman–Crippen MR) is 110 cm³/mol. The fourth-order valence-corrected chi connectivity index (χ4v) is 2.98. The molecule has 0 radical (unpaired) electrons. The molecule has 0 bridgehead atoms. The average molecular weight is 371 g/mol. The van der Waals surface area contributed by atoms with Crippen LogP contribution in [0.2, 0.25) is 0 Å². The van der Waals surface area contributed by atoms with Crippen LogP contribution in [-0.2, 0) is 11.2 Å². The molecule has 0 aliphatic carbocycles. The first-order valence-corrected chi connectivity index (χ1v) is 10.2. The number of aryl methyl sites for hydroxylation is 2. The van der Waals surface area contributed by atoms with Crippen LogP contribution in [0.3, 0.4) is 0 Å². The van der Waals surface area contributed by atoms with Crippen molar-refractivity contribution in [1.29, 1.82) is 0 Å². The van der Waals surface area contributed by atoms with Crippen LogP contribution in [0.1, 0.15) is 34.8 Å². The summed E-state index contributed by atoms with van der Waals surface area (Å²) < 4.78 is 0. The minimum atomic E-state index is -0.567. The number of carbonyl (C=O) groups excluding carboxylic acids is 2. The van der Waals surface area contributed by atoms with Crippen molar-refractivity contribution in [2.45, 2.75) is 32.7 Å². The van der Waals surface area contributed by atoms with Crippen LogP contribution in [0.4, 0.5) is 5.69 Å². The topological polar surface area (TPSA) is 58.2 Å². The Morgan fingerprint density at radius 2 is 1.69 bits per heavy atom. The van der Waals surface area contributed by atoms with Crippen molar-refractivity contribution in [1.82, 2.24) is 5.32 Å². The minimum Gasteiger partial charge on any atom is -0.340 e. The second-order valence-corrected chi connectivity index (χ2v) is 7.20. The largest absolute Gasteiger partial charge is 0.340 e. The highest BCUT2D eigenvalue weighted by Crippen LogP contribution is 2.12. The zero-order chi connectivity index (χ0) is 18.9. The Kier molecular flexibility index (Phi) is 7.73. The average Bonchev–Trinajstić information content (AvgIpc) is 2.66. The molecular formula is C21H26N2O2S. The van der Waals surface area contributed by atoms with Gasteiger partial charge < -0.3 is 10.6 Å². The third-order valence-electron chi connectivity index (χ3n) is 4.18. The Morgan fingerprint density at radius 3 is 2.27 bits per heavy atom. The lowest BCUT2D eigenvalue weighted by atomic mass is 10.1. The Labute approximate surface area is 159 Å². The summed E-state index contributed by atoms with van der Waals surface area (Å²) >= 11 is 1.65. The Morgan fingerprint density at radius 1 is 1.04 bits per heavy atom. The van der Waals surface area contributed by atoms with Crippen molar-refractivity contribution < 1.29 is 9.59 Å². The molecule has 0 saturated carbocycles.